The number of thiazole rings is 1. The van der Waals surface area contributed by atoms with Gasteiger partial charge < -0.3 is 15.2 Å². The van der Waals surface area contributed by atoms with E-state index in [2.05, 4.69) is 21.7 Å². The van der Waals surface area contributed by atoms with Gasteiger partial charge in [0.25, 0.3) is 0 Å². The number of fused-ring (bicyclic) bond motifs is 3. The van der Waals surface area contributed by atoms with Gasteiger partial charge in [-0.3, -0.25) is 4.79 Å². The van der Waals surface area contributed by atoms with E-state index in [1.54, 1.807) is 17.7 Å². The molecule has 1 atom stereocenters. The number of benzene rings is 1. The molecule has 144 valence electrons. The Morgan fingerprint density at radius 2 is 2.11 bits per heavy atom. The Labute approximate surface area is 166 Å². The molecule has 0 aliphatic carbocycles. The van der Waals surface area contributed by atoms with Gasteiger partial charge in [-0.2, -0.15) is 0 Å². The Kier molecular flexibility index (Phi) is 4.72. The van der Waals surface area contributed by atoms with Crippen LogP contribution in [0.1, 0.15) is 32.4 Å². The van der Waals surface area contributed by atoms with Gasteiger partial charge in [-0.25, -0.2) is 15.0 Å². The van der Waals surface area contributed by atoms with Crippen molar-refractivity contribution in [1.29, 1.82) is 0 Å². The van der Waals surface area contributed by atoms with Crippen molar-refractivity contribution in [1.82, 2.24) is 24.8 Å². The number of nitrogens with zero attached hydrogens (tertiary/aromatic N) is 4. The lowest BCUT2D eigenvalue weighted by Crippen LogP contribution is -2.23. The molecule has 4 rings (SSSR count). The van der Waals surface area contributed by atoms with Gasteiger partial charge in [0, 0.05) is 26.1 Å². The van der Waals surface area contributed by atoms with Crippen molar-refractivity contribution in [2.75, 3.05) is 11.9 Å². The first-order valence-corrected chi connectivity index (χ1v) is 10.0. The van der Waals surface area contributed by atoms with Crippen LogP contribution in [0.5, 0.6) is 0 Å². The van der Waals surface area contributed by atoms with Crippen LogP contribution in [0.25, 0.3) is 32.0 Å². The van der Waals surface area contributed by atoms with E-state index in [1.807, 2.05) is 43.7 Å². The molecule has 3 aromatic heterocycles. The molecule has 0 aliphatic heterocycles. The second kappa shape index (κ2) is 7.20. The molecule has 7 nitrogen and oxygen atoms in total. The number of hydrogen-bond donors (Lipinski definition) is 2. The van der Waals surface area contributed by atoms with Gasteiger partial charge in [0.05, 0.1) is 12.4 Å². The quantitative estimate of drug-likeness (QED) is 0.537. The van der Waals surface area contributed by atoms with E-state index >= 15 is 0 Å². The van der Waals surface area contributed by atoms with Gasteiger partial charge in [0.1, 0.15) is 26.4 Å². The first kappa shape index (κ1) is 18.4. The maximum absolute atomic E-state index is 11.4. The number of pyridine rings is 1. The summed E-state index contributed by atoms with van der Waals surface area (Å²) in [5.74, 6) is 0.741. The fourth-order valence-corrected chi connectivity index (χ4v) is 4.26. The van der Waals surface area contributed by atoms with E-state index in [-0.39, 0.29) is 11.9 Å². The third kappa shape index (κ3) is 3.20. The molecular formula is C20H22N6OS. The highest BCUT2D eigenvalue weighted by atomic mass is 32.1. The van der Waals surface area contributed by atoms with Crippen LogP contribution < -0.4 is 10.6 Å². The lowest BCUT2D eigenvalue weighted by molar-refractivity contribution is -0.119. The van der Waals surface area contributed by atoms with Crippen LogP contribution in [0, 0.1) is 0 Å². The van der Waals surface area contributed by atoms with E-state index in [0.29, 0.717) is 0 Å². The molecule has 1 aromatic carbocycles. The summed E-state index contributed by atoms with van der Waals surface area (Å²) >= 11 is 1.56. The first-order valence-electron chi connectivity index (χ1n) is 9.20. The average Bonchev–Trinajstić information content (AvgIpc) is 3.25. The zero-order chi connectivity index (χ0) is 19.8. The third-order valence-corrected chi connectivity index (χ3v) is 5.60. The summed E-state index contributed by atoms with van der Waals surface area (Å²) in [4.78, 5) is 26.4. The maximum atomic E-state index is 11.4. The number of carbonyl (C=O) groups is 1. The Bertz CT molecular complexity index is 1180. The Balaban J connectivity index is 1.83. The van der Waals surface area contributed by atoms with E-state index in [4.69, 9.17) is 9.97 Å². The van der Waals surface area contributed by atoms with Crippen molar-refractivity contribution in [3.8, 4) is 10.6 Å². The Morgan fingerprint density at radius 3 is 2.86 bits per heavy atom. The number of rotatable bonds is 5. The number of amides is 1. The first-order chi connectivity index (χ1) is 13.5. The molecule has 0 fully saturated rings. The predicted molar refractivity (Wildman–Crippen MR) is 114 cm³/mol. The summed E-state index contributed by atoms with van der Waals surface area (Å²) in [6.45, 7) is 6.32. The van der Waals surface area contributed by atoms with E-state index in [9.17, 15) is 4.79 Å². The summed E-state index contributed by atoms with van der Waals surface area (Å²) in [5.41, 5.74) is 4.72. The Morgan fingerprint density at radius 1 is 1.29 bits per heavy atom. The monoisotopic (exact) mass is 394 g/mol. The molecule has 0 radical (unpaired) electrons. The molecule has 0 bridgehead atoms. The number of aryl methyl sites for hydroxylation is 1. The van der Waals surface area contributed by atoms with E-state index in [1.165, 1.54) is 6.92 Å². The van der Waals surface area contributed by atoms with Crippen LogP contribution >= 0.6 is 11.3 Å². The normalized spacial score (nSPS) is 12.4. The molecule has 0 spiro atoms. The molecule has 0 aliphatic rings. The minimum atomic E-state index is -0.0610. The van der Waals surface area contributed by atoms with Gasteiger partial charge in [0.15, 0.2) is 5.82 Å². The third-order valence-electron chi connectivity index (χ3n) is 4.61. The standard InChI is InChI=1S/C20H22N6OS/c1-5-21-18-15-17(26(4)10-22-15)16-20(25-18)28-19(24-16)14-8-6-7-13(9-14)11(2)23-12(3)27/h6-11H,5H2,1-4H3,(H,21,25)(H,23,27)/t11-/m0/s1. The summed E-state index contributed by atoms with van der Waals surface area (Å²) in [6, 6.07) is 8.05. The summed E-state index contributed by atoms with van der Waals surface area (Å²) < 4.78 is 1.99. The van der Waals surface area contributed by atoms with Gasteiger partial charge >= 0.3 is 0 Å². The largest absolute Gasteiger partial charge is 0.368 e. The SMILES string of the molecule is CCNc1nc2sc(-c3cccc([C@H](C)NC(C)=O)c3)nc2c2c1ncn2C. The second-order valence-corrected chi connectivity index (χ2v) is 7.74. The second-order valence-electron chi connectivity index (χ2n) is 6.76. The molecule has 0 unspecified atom stereocenters. The average molecular weight is 395 g/mol. The summed E-state index contributed by atoms with van der Waals surface area (Å²) in [5, 5.41) is 7.12. The minimum absolute atomic E-state index is 0.0448. The number of hydrogen-bond acceptors (Lipinski definition) is 6. The molecule has 4 aromatic rings. The number of carbonyl (C=O) groups excluding carboxylic acids is 1. The van der Waals surface area contributed by atoms with Crippen LogP contribution in [0.15, 0.2) is 30.6 Å². The van der Waals surface area contributed by atoms with E-state index < -0.39 is 0 Å². The van der Waals surface area contributed by atoms with Gasteiger partial charge in [-0.1, -0.05) is 29.5 Å². The maximum Gasteiger partial charge on any atom is 0.217 e. The van der Waals surface area contributed by atoms with Crippen LogP contribution in [-0.2, 0) is 11.8 Å². The van der Waals surface area contributed by atoms with Crippen LogP contribution in [0.4, 0.5) is 5.82 Å². The summed E-state index contributed by atoms with van der Waals surface area (Å²) in [6.07, 6.45) is 1.79. The number of imidazole rings is 1. The molecule has 3 heterocycles. The minimum Gasteiger partial charge on any atom is -0.368 e. The fraction of sp³-hybridized carbons (Fsp3) is 0.300. The van der Waals surface area contributed by atoms with Crippen molar-refractivity contribution < 1.29 is 4.79 Å². The van der Waals surface area contributed by atoms with Crippen LogP contribution in [0.2, 0.25) is 0 Å². The zero-order valence-electron chi connectivity index (χ0n) is 16.3. The van der Waals surface area contributed by atoms with Gasteiger partial charge in [0.2, 0.25) is 5.91 Å². The number of nitrogens with one attached hydrogen (secondary N) is 2. The molecule has 28 heavy (non-hydrogen) atoms. The van der Waals surface area contributed by atoms with Crippen molar-refractivity contribution in [3.63, 3.8) is 0 Å². The van der Waals surface area contributed by atoms with Crippen LogP contribution in [0.3, 0.4) is 0 Å². The highest BCUT2D eigenvalue weighted by molar-refractivity contribution is 7.21. The highest BCUT2D eigenvalue weighted by Gasteiger charge is 2.18. The molecule has 0 saturated carbocycles. The molecule has 8 heteroatoms. The van der Waals surface area contributed by atoms with Crippen molar-refractivity contribution >= 4 is 44.4 Å². The topological polar surface area (TPSA) is 84.7 Å². The number of aromatic nitrogens is 4. The van der Waals surface area contributed by atoms with Crippen molar-refractivity contribution in [2.24, 2.45) is 7.05 Å². The lowest BCUT2D eigenvalue weighted by atomic mass is 10.1. The van der Waals surface area contributed by atoms with Gasteiger partial charge in [-0.15, -0.1) is 0 Å². The van der Waals surface area contributed by atoms with Crippen molar-refractivity contribution in [3.05, 3.63) is 36.2 Å². The number of anilines is 1. The highest BCUT2D eigenvalue weighted by Crippen LogP contribution is 2.35. The lowest BCUT2D eigenvalue weighted by Gasteiger charge is -2.13. The van der Waals surface area contributed by atoms with E-state index in [0.717, 1.165) is 49.9 Å². The smallest absolute Gasteiger partial charge is 0.217 e. The Hall–Kier alpha value is -3.00. The summed E-state index contributed by atoms with van der Waals surface area (Å²) in [7, 11) is 1.97. The zero-order valence-corrected chi connectivity index (χ0v) is 17.1. The van der Waals surface area contributed by atoms with Gasteiger partial charge in [-0.05, 0) is 25.5 Å². The molecular weight excluding hydrogens is 372 g/mol. The molecule has 2 N–H and O–H groups in total. The van der Waals surface area contributed by atoms with Crippen molar-refractivity contribution in [2.45, 2.75) is 26.8 Å². The molecule has 1 amide bonds. The molecule has 0 saturated heterocycles. The van der Waals surface area contributed by atoms with Crippen LogP contribution in [-0.4, -0.2) is 32.0 Å². The predicted octanol–water partition coefficient (Wildman–Crippen LogP) is 3.87. The fourth-order valence-electron chi connectivity index (χ4n) is 3.32.